The van der Waals surface area contributed by atoms with Crippen LogP contribution >= 0.6 is 11.3 Å². The number of thiazole rings is 1. The van der Waals surface area contributed by atoms with Crippen molar-refractivity contribution in [1.82, 2.24) is 10.3 Å². The van der Waals surface area contributed by atoms with Gasteiger partial charge in [0.15, 0.2) is 0 Å². The van der Waals surface area contributed by atoms with Crippen LogP contribution in [0, 0.1) is 5.92 Å². The zero-order valence-corrected chi connectivity index (χ0v) is 9.86. The lowest BCUT2D eigenvalue weighted by Gasteiger charge is -2.04. The van der Waals surface area contributed by atoms with Gasteiger partial charge in [-0.15, -0.1) is 11.3 Å². The molecule has 1 aromatic heterocycles. The molecule has 0 aliphatic heterocycles. The Kier molecular flexibility index (Phi) is 5.07. The Morgan fingerprint density at radius 1 is 1.57 bits per heavy atom. The Morgan fingerprint density at radius 3 is 3.00 bits per heavy atom. The molecule has 1 aromatic rings. The topological polar surface area (TPSA) is 34.1 Å². The van der Waals surface area contributed by atoms with E-state index in [0.717, 1.165) is 23.8 Å². The normalized spacial score (nSPS) is 11.1. The maximum atomic E-state index is 5.01. The summed E-state index contributed by atoms with van der Waals surface area (Å²) in [5, 5.41) is 6.49. The van der Waals surface area contributed by atoms with E-state index in [4.69, 9.17) is 4.74 Å². The van der Waals surface area contributed by atoms with Gasteiger partial charge in [0.2, 0.25) is 0 Å². The van der Waals surface area contributed by atoms with Crippen LogP contribution in [0.2, 0.25) is 0 Å². The minimum Gasteiger partial charge on any atom is -0.378 e. The van der Waals surface area contributed by atoms with Crippen LogP contribution in [0.5, 0.6) is 0 Å². The highest BCUT2D eigenvalue weighted by Crippen LogP contribution is 2.10. The Bertz CT molecular complexity index is 260. The van der Waals surface area contributed by atoms with Gasteiger partial charge in [-0.3, -0.25) is 0 Å². The molecule has 14 heavy (non-hydrogen) atoms. The number of ether oxygens (including phenoxy) is 1. The monoisotopic (exact) mass is 214 g/mol. The van der Waals surface area contributed by atoms with Gasteiger partial charge in [-0.25, -0.2) is 4.98 Å². The molecule has 0 saturated carbocycles. The van der Waals surface area contributed by atoms with Gasteiger partial charge in [-0.05, 0) is 12.5 Å². The Hall–Kier alpha value is -0.450. The molecule has 0 aromatic carbocycles. The maximum absolute atomic E-state index is 5.01. The van der Waals surface area contributed by atoms with Crippen molar-refractivity contribution in [3.63, 3.8) is 0 Å². The summed E-state index contributed by atoms with van der Waals surface area (Å²) in [6.45, 7) is 6.92. The van der Waals surface area contributed by atoms with Gasteiger partial charge in [0.1, 0.15) is 5.01 Å². The number of methoxy groups -OCH3 is 1. The summed E-state index contributed by atoms with van der Waals surface area (Å²) >= 11 is 1.66. The second-order valence-electron chi connectivity index (χ2n) is 3.69. The minimum absolute atomic E-state index is 0.620. The first kappa shape index (κ1) is 11.6. The first-order valence-corrected chi connectivity index (χ1v) is 5.73. The Balaban J connectivity index is 2.28. The Labute approximate surface area is 89.5 Å². The van der Waals surface area contributed by atoms with Crippen LogP contribution in [0.15, 0.2) is 5.38 Å². The zero-order chi connectivity index (χ0) is 10.4. The average Bonchev–Trinajstić information content (AvgIpc) is 2.53. The summed E-state index contributed by atoms with van der Waals surface area (Å²) in [7, 11) is 1.69. The number of hydrogen-bond acceptors (Lipinski definition) is 4. The lowest BCUT2D eigenvalue weighted by molar-refractivity contribution is 0.184. The van der Waals surface area contributed by atoms with Crippen molar-refractivity contribution in [1.29, 1.82) is 0 Å². The highest BCUT2D eigenvalue weighted by atomic mass is 32.1. The Morgan fingerprint density at radius 2 is 2.36 bits per heavy atom. The van der Waals surface area contributed by atoms with Crippen molar-refractivity contribution in [3.8, 4) is 0 Å². The highest BCUT2D eigenvalue weighted by Gasteiger charge is 2.01. The molecule has 0 aliphatic rings. The average molecular weight is 214 g/mol. The molecule has 0 amide bonds. The summed E-state index contributed by atoms with van der Waals surface area (Å²) in [4.78, 5) is 4.43. The van der Waals surface area contributed by atoms with E-state index in [1.807, 2.05) is 0 Å². The van der Waals surface area contributed by atoms with Crippen LogP contribution in [0.3, 0.4) is 0 Å². The van der Waals surface area contributed by atoms with Gasteiger partial charge in [-0.2, -0.15) is 0 Å². The first-order chi connectivity index (χ1) is 6.72. The molecule has 1 heterocycles. The molecule has 0 fully saturated rings. The van der Waals surface area contributed by atoms with Gasteiger partial charge in [-0.1, -0.05) is 13.8 Å². The van der Waals surface area contributed by atoms with Crippen LogP contribution in [-0.4, -0.2) is 18.6 Å². The maximum Gasteiger partial charge on any atom is 0.119 e. The van der Waals surface area contributed by atoms with E-state index < -0.39 is 0 Å². The molecule has 0 bridgehead atoms. The summed E-state index contributed by atoms with van der Waals surface area (Å²) in [6.07, 6.45) is 0. The number of nitrogens with one attached hydrogen (secondary N) is 1. The van der Waals surface area contributed by atoms with Gasteiger partial charge < -0.3 is 10.1 Å². The van der Waals surface area contributed by atoms with Crippen molar-refractivity contribution in [3.05, 3.63) is 16.1 Å². The lowest BCUT2D eigenvalue weighted by atomic mass is 10.2. The molecule has 1 rings (SSSR count). The van der Waals surface area contributed by atoms with E-state index in [9.17, 15) is 0 Å². The van der Waals surface area contributed by atoms with Crippen molar-refractivity contribution >= 4 is 11.3 Å². The van der Waals surface area contributed by atoms with Crippen LogP contribution in [0.4, 0.5) is 0 Å². The third-order valence-corrected chi connectivity index (χ3v) is 2.60. The largest absolute Gasteiger partial charge is 0.378 e. The fourth-order valence-electron chi connectivity index (χ4n) is 1.11. The number of hydrogen-bond donors (Lipinski definition) is 1. The number of nitrogens with zero attached hydrogens (tertiary/aromatic N) is 1. The zero-order valence-electron chi connectivity index (χ0n) is 9.04. The predicted molar refractivity (Wildman–Crippen MR) is 59.4 cm³/mol. The minimum atomic E-state index is 0.620. The first-order valence-electron chi connectivity index (χ1n) is 4.85. The SMILES string of the molecule is COCc1nc(CNCC(C)C)cs1. The van der Waals surface area contributed by atoms with Gasteiger partial charge >= 0.3 is 0 Å². The van der Waals surface area contributed by atoms with Gasteiger partial charge in [0, 0.05) is 19.0 Å². The molecule has 0 spiro atoms. The second-order valence-corrected chi connectivity index (χ2v) is 4.63. The number of aromatic nitrogens is 1. The molecule has 4 heteroatoms. The molecular formula is C10H18N2OS. The summed E-state index contributed by atoms with van der Waals surface area (Å²) in [5.74, 6) is 0.687. The van der Waals surface area contributed by atoms with E-state index in [2.05, 4.69) is 29.5 Å². The fraction of sp³-hybridized carbons (Fsp3) is 0.700. The molecule has 0 aliphatic carbocycles. The smallest absolute Gasteiger partial charge is 0.119 e. The van der Waals surface area contributed by atoms with Crippen molar-refractivity contribution in [2.45, 2.75) is 27.0 Å². The third-order valence-electron chi connectivity index (χ3n) is 1.73. The second kappa shape index (κ2) is 6.11. The molecule has 0 radical (unpaired) electrons. The van der Waals surface area contributed by atoms with Gasteiger partial charge in [0.25, 0.3) is 0 Å². The molecule has 3 nitrogen and oxygen atoms in total. The standard InChI is InChI=1S/C10H18N2OS/c1-8(2)4-11-5-9-7-14-10(12-9)6-13-3/h7-8,11H,4-6H2,1-3H3. The van der Waals surface area contributed by atoms with Crippen LogP contribution in [0.1, 0.15) is 24.5 Å². The summed E-state index contributed by atoms with van der Waals surface area (Å²) in [5.41, 5.74) is 1.11. The molecular weight excluding hydrogens is 196 g/mol. The molecule has 0 unspecified atom stereocenters. The van der Waals surface area contributed by atoms with E-state index in [-0.39, 0.29) is 0 Å². The highest BCUT2D eigenvalue weighted by molar-refractivity contribution is 7.09. The number of rotatable bonds is 6. The molecule has 1 N–H and O–H groups in total. The van der Waals surface area contributed by atoms with Crippen LogP contribution < -0.4 is 5.32 Å². The van der Waals surface area contributed by atoms with Crippen molar-refractivity contribution < 1.29 is 4.74 Å². The van der Waals surface area contributed by atoms with Crippen LogP contribution in [-0.2, 0) is 17.9 Å². The quantitative estimate of drug-likeness (QED) is 0.787. The van der Waals surface area contributed by atoms with Crippen molar-refractivity contribution in [2.75, 3.05) is 13.7 Å². The third kappa shape index (κ3) is 4.17. The van der Waals surface area contributed by atoms with E-state index in [1.54, 1.807) is 18.4 Å². The summed E-state index contributed by atoms with van der Waals surface area (Å²) in [6, 6.07) is 0. The van der Waals surface area contributed by atoms with E-state index in [0.29, 0.717) is 12.5 Å². The van der Waals surface area contributed by atoms with Gasteiger partial charge in [0.05, 0.1) is 12.3 Å². The molecule has 80 valence electrons. The van der Waals surface area contributed by atoms with E-state index >= 15 is 0 Å². The molecule has 0 saturated heterocycles. The van der Waals surface area contributed by atoms with Crippen molar-refractivity contribution in [2.24, 2.45) is 5.92 Å². The molecule has 0 atom stereocenters. The van der Waals surface area contributed by atoms with E-state index in [1.165, 1.54) is 0 Å². The predicted octanol–water partition coefficient (Wildman–Crippen LogP) is 2.04. The fourth-order valence-corrected chi connectivity index (χ4v) is 1.87. The summed E-state index contributed by atoms with van der Waals surface area (Å²) < 4.78 is 5.01. The van der Waals surface area contributed by atoms with Crippen LogP contribution in [0.25, 0.3) is 0 Å². The lowest BCUT2D eigenvalue weighted by Crippen LogP contribution is -2.19.